The van der Waals surface area contributed by atoms with E-state index in [2.05, 4.69) is 50.3 Å². The quantitative estimate of drug-likeness (QED) is 0.562. The maximum atomic E-state index is 13.2. The van der Waals surface area contributed by atoms with Crippen LogP contribution in [0.4, 0.5) is 15.3 Å². The fraction of sp³-hybridized carbons (Fsp3) is 0.357. The molecule has 0 spiro atoms. The molecule has 0 N–H and O–H groups in total. The summed E-state index contributed by atoms with van der Waals surface area (Å²) in [7, 11) is 0. The monoisotopic (exact) mass is 458 g/mol. The van der Waals surface area contributed by atoms with Crippen LogP contribution in [0.5, 0.6) is 0 Å². The lowest BCUT2D eigenvalue weighted by molar-refractivity contribution is 0.161. The van der Waals surface area contributed by atoms with Gasteiger partial charge in [0.05, 0.1) is 18.8 Å². The summed E-state index contributed by atoms with van der Waals surface area (Å²) in [6.45, 7) is 7.31. The van der Waals surface area contributed by atoms with Gasteiger partial charge in [-0.1, -0.05) is 61.0 Å². The van der Waals surface area contributed by atoms with Crippen molar-refractivity contribution in [1.29, 1.82) is 0 Å². The van der Waals surface area contributed by atoms with Crippen molar-refractivity contribution in [3.05, 3.63) is 88.8 Å². The maximum absolute atomic E-state index is 13.2. The minimum absolute atomic E-state index is 0.0742. The third-order valence-corrected chi connectivity index (χ3v) is 7.23. The van der Waals surface area contributed by atoms with E-state index >= 15 is 0 Å². The summed E-state index contributed by atoms with van der Waals surface area (Å²) in [5.74, 6) is -0.0742. The molecule has 2 aromatic rings. The largest absolute Gasteiger partial charge is 0.449 e. The number of para-hydroxylation sites is 1. The standard InChI is InChI=1S/C28H30N2O4/c1-4-28-17-21(18-29-14-15-34-26(29)31)22(20-12-10-19(3)11-13-20)16-25(28)30(27(32)33-5-2)24-9-7-6-8-23(24)28/h6-13,16,18,22H,4-5,14-15,17H2,1-3H3/b21-18+/t22-,28-/m1/s1. The first-order chi connectivity index (χ1) is 16.5. The number of benzene rings is 2. The first kappa shape index (κ1) is 22.3. The van der Waals surface area contributed by atoms with Gasteiger partial charge in [-0.15, -0.1) is 0 Å². The average Bonchev–Trinajstić information content (AvgIpc) is 3.37. The molecule has 2 aliphatic heterocycles. The lowest BCUT2D eigenvalue weighted by Gasteiger charge is -2.39. The Bertz CT molecular complexity index is 1180. The summed E-state index contributed by atoms with van der Waals surface area (Å²) in [4.78, 5) is 28.9. The van der Waals surface area contributed by atoms with Crippen molar-refractivity contribution in [3.8, 4) is 0 Å². The maximum Gasteiger partial charge on any atom is 0.418 e. The molecular formula is C28H30N2O4. The fourth-order valence-corrected chi connectivity index (χ4v) is 5.51. The summed E-state index contributed by atoms with van der Waals surface area (Å²) in [6, 6.07) is 16.5. The van der Waals surface area contributed by atoms with Crippen LogP contribution in [0, 0.1) is 6.92 Å². The van der Waals surface area contributed by atoms with E-state index in [4.69, 9.17) is 9.47 Å². The predicted molar refractivity (Wildman–Crippen MR) is 131 cm³/mol. The molecule has 0 aromatic heterocycles. The lowest BCUT2D eigenvalue weighted by Crippen LogP contribution is -2.38. The first-order valence-electron chi connectivity index (χ1n) is 12.0. The molecule has 6 heteroatoms. The van der Waals surface area contributed by atoms with E-state index in [1.165, 1.54) is 5.56 Å². The summed E-state index contributed by atoms with van der Waals surface area (Å²) in [5.41, 5.74) is 6.02. The number of rotatable bonds is 4. The van der Waals surface area contributed by atoms with Gasteiger partial charge in [0, 0.05) is 23.2 Å². The van der Waals surface area contributed by atoms with Crippen molar-refractivity contribution in [2.24, 2.45) is 0 Å². The van der Waals surface area contributed by atoms with Crippen LogP contribution in [0.15, 0.2) is 72.1 Å². The Morgan fingerprint density at radius 1 is 1.18 bits per heavy atom. The number of anilines is 1. The van der Waals surface area contributed by atoms with E-state index < -0.39 is 0 Å². The molecule has 0 unspecified atom stereocenters. The van der Waals surface area contributed by atoms with E-state index in [0.29, 0.717) is 26.2 Å². The molecule has 2 aromatic carbocycles. The Kier molecular flexibility index (Phi) is 5.68. The van der Waals surface area contributed by atoms with Crippen LogP contribution < -0.4 is 4.90 Å². The third-order valence-electron chi connectivity index (χ3n) is 7.23. The molecule has 0 bridgehead atoms. The number of ether oxygens (including phenoxy) is 2. The predicted octanol–water partition coefficient (Wildman–Crippen LogP) is 6.03. The molecule has 34 heavy (non-hydrogen) atoms. The Morgan fingerprint density at radius 2 is 1.94 bits per heavy atom. The molecule has 2 heterocycles. The second-order valence-electron chi connectivity index (χ2n) is 9.12. The van der Waals surface area contributed by atoms with Crippen LogP contribution in [0.25, 0.3) is 0 Å². The van der Waals surface area contributed by atoms with Crippen molar-refractivity contribution in [2.75, 3.05) is 24.7 Å². The van der Waals surface area contributed by atoms with Gasteiger partial charge in [-0.3, -0.25) is 4.90 Å². The Morgan fingerprint density at radius 3 is 2.62 bits per heavy atom. The van der Waals surface area contributed by atoms with E-state index in [9.17, 15) is 9.59 Å². The van der Waals surface area contributed by atoms with Gasteiger partial charge in [-0.05, 0) is 49.5 Å². The number of cyclic esters (lactones) is 1. The zero-order chi connectivity index (χ0) is 23.9. The summed E-state index contributed by atoms with van der Waals surface area (Å²) in [5, 5.41) is 0. The lowest BCUT2D eigenvalue weighted by atomic mass is 9.66. The zero-order valence-electron chi connectivity index (χ0n) is 19.9. The average molecular weight is 459 g/mol. The minimum Gasteiger partial charge on any atom is -0.449 e. The normalized spacial score (nSPS) is 24.6. The second kappa shape index (κ2) is 8.67. The van der Waals surface area contributed by atoms with E-state index in [1.807, 2.05) is 31.3 Å². The fourth-order valence-electron chi connectivity index (χ4n) is 5.51. The number of aryl methyl sites for hydroxylation is 1. The Hall–Kier alpha value is -3.54. The molecule has 1 aliphatic carbocycles. The zero-order valence-corrected chi connectivity index (χ0v) is 19.9. The molecular weight excluding hydrogens is 428 g/mol. The molecule has 3 aliphatic rings. The number of allylic oxidation sites excluding steroid dienone is 3. The van der Waals surface area contributed by atoms with Crippen molar-refractivity contribution in [1.82, 2.24) is 4.90 Å². The summed E-state index contributed by atoms with van der Waals surface area (Å²) in [6.07, 6.45) is 5.02. The van der Waals surface area contributed by atoms with Gasteiger partial charge < -0.3 is 9.47 Å². The van der Waals surface area contributed by atoms with Gasteiger partial charge in [0.15, 0.2) is 0 Å². The number of hydrogen-bond donors (Lipinski definition) is 0. The van der Waals surface area contributed by atoms with Gasteiger partial charge in [0.25, 0.3) is 0 Å². The molecule has 1 fully saturated rings. The van der Waals surface area contributed by atoms with E-state index in [1.54, 1.807) is 9.80 Å². The second-order valence-corrected chi connectivity index (χ2v) is 9.12. The van der Waals surface area contributed by atoms with Gasteiger partial charge in [-0.25, -0.2) is 14.5 Å². The minimum atomic E-state index is -0.375. The first-order valence-corrected chi connectivity index (χ1v) is 12.0. The summed E-state index contributed by atoms with van der Waals surface area (Å²) >= 11 is 0. The number of hydrogen-bond acceptors (Lipinski definition) is 4. The van der Waals surface area contributed by atoms with Gasteiger partial charge >= 0.3 is 12.2 Å². The number of carbonyl (C=O) groups excluding carboxylic acids is 2. The highest BCUT2D eigenvalue weighted by Crippen LogP contribution is 2.58. The van der Waals surface area contributed by atoms with Crippen molar-refractivity contribution in [2.45, 2.75) is 44.9 Å². The topological polar surface area (TPSA) is 59.1 Å². The number of amides is 2. The van der Waals surface area contributed by atoms with Gasteiger partial charge in [-0.2, -0.15) is 0 Å². The van der Waals surface area contributed by atoms with Gasteiger partial charge in [0.2, 0.25) is 0 Å². The van der Waals surface area contributed by atoms with Crippen molar-refractivity contribution < 1.29 is 19.1 Å². The molecule has 0 radical (unpaired) electrons. The third kappa shape index (κ3) is 3.49. The van der Waals surface area contributed by atoms with Crippen LogP contribution in [0.2, 0.25) is 0 Å². The molecule has 2 amide bonds. The molecule has 1 saturated heterocycles. The Labute approximate surface area is 200 Å². The van der Waals surface area contributed by atoms with Crippen LogP contribution >= 0.6 is 0 Å². The van der Waals surface area contributed by atoms with Gasteiger partial charge in [0.1, 0.15) is 6.61 Å². The number of nitrogens with zero attached hydrogens (tertiary/aromatic N) is 2. The SMILES string of the molecule is CCOC(=O)N1C2=C[C@H](c3ccc(C)cc3)/C(=C/N3CCOC3=O)C[C@]2(CC)c2ccccc21. The van der Waals surface area contributed by atoms with Crippen molar-refractivity contribution in [3.63, 3.8) is 0 Å². The molecule has 176 valence electrons. The highest BCUT2D eigenvalue weighted by Gasteiger charge is 2.52. The number of fused-ring (bicyclic) bond motifs is 3. The molecule has 5 rings (SSSR count). The number of carbonyl (C=O) groups is 2. The highest BCUT2D eigenvalue weighted by molar-refractivity contribution is 5.97. The van der Waals surface area contributed by atoms with Crippen LogP contribution in [0.1, 0.15) is 49.3 Å². The summed E-state index contributed by atoms with van der Waals surface area (Å²) < 4.78 is 10.7. The van der Waals surface area contributed by atoms with Crippen LogP contribution in [0.3, 0.4) is 0 Å². The highest BCUT2D eigenvalue weighted by atomic mass is 16.6. The smallest absolute Gasteiger partial charge is 0.418 e. The van der Waals surface area contributed by atoms with E-state index in [-0.39, 0.29) is 23.5 Å². The van der Waals surface area contributed by atoms with E-state index in [0.717, 1.165) is 34.5 Å². The molecule has 2 atom stereocenters. The molecule has 0 saturated carbocycles. The molecule has 6 nitrogen and oxygen atoms in total. The van der Waals surface area contributed by atoms with Crippen molar-refractivity contribution >= 4 is 17.9 Å². The van der Waals surface area contributed by atoms with Crippen LogP contribution in [-0.4, -0.2) is 36.8 Å². The van der Waals surface area contributed by atoms with Crippen LogP contribution in [-0.2, 0) is 14.9 Å². The Balaban J connectivity index is 1.71.